The van der Waals surface area contributed by atoms with E-state index in [0.29, 0.717) is 23.8 Å². The molecule has 5 nitrogen and oxygen atoms in total. The van der Waals surface area contributed by atoms with E-state index in [2.05, 4.69) is 20.4 Å². The number of benzene rings is 2. The molecule has 0 aromatic heterocycles. The van der Waals surface area contributed by atoms with Crippen molar-refractivity contribution in [1.82, 2.24) is 0 Å². The van der Waals surface area contributed by atoms with Crippen molar-refractivity contribution in [2.75, 3.05) is 13.3 Å². The molecule has 0 spiro atoms. The van der Waals surface area contributed by atoms with Crippen LogP contribution in [-0.4, -0.2) is 23.1 Å². The Balaban J connectivity index is 2.35. The molecule has 0 fully saturated rings. The number of aryl methyl sites for hydroxylation is 2. The van der Waals surface area contributed by atoms with Crippen LogP contribution in [-0.2, 0) is 11.0 Å². The minimum atomic E-state index is -4.03. The highest BCUT2D eigenvalue weighted by molar-refractivity contribution is 7.51. The molecule has 0 aliphatic carbocycles. The van der Waals surface area contributed by atoms with Gasteiger partial charge in [0.25, 0.3) is 0 Å². The Morgan fingerprint density at radius 1 is 1.22 bits per heavy atom. The van der Waals surface area contributed by atoms with Crippen LogP contribution in [0.4, 0.5) is 0 Å². The van der Waals surface area contributed by atoms with E-state index in [4.69, 9.17) is 19.3 Å². The van der Waals surface area contributed by atoms with Crippen LogP contribution in [0.5, 0.6) is 17.2 Å². The average molecular weight is 390 g/mol. The Kier molecular flexibility index (Phi) is 6.88. The van der Waals surface area contributed by atoms with Gasteiger partial charge >= 0.3 is 7.60 Å². The standard InChI is InChI=1S/C21H27O5P/c1-6-17-12-16(9-10-27(22,23)24)11-15(4)21(17)26-18-7-8-20(25-5)19(13-18)14(2)3/h6-8,11-14H,1,9-10H2,2-5H3,(H2,22,23,24). The van der Waals surface area contributed by atoms with E-state index in [-0.39, 0.29) is 6.16 Å². The van der Waals surface area contributed by atoms with Crippen molar-refractivity contribution in [1.29, 1.82) is 0 Å². The number of ether oxygens (including phenoxy) is 2. The number of methoxy groups -OCH3 is 1. The Morgan fingerprint density at radius 3 is 2.48 bits per heavy atom. The predicted molar refractivity (Wildman–Crippen MR) is 109 cm³/mol. The fourth-order valence-electron chi connectivity index (χ4n) is 2.93. The summed E-state index contributed by atoms with van der Waals surface area (Å²) in [6, 6.07) is 9.47. The highest BCUT2D eigenvalue weighted by Gasteiger charge is 2.16. The molecule has 0 amide bonds. The van der Waals surface area contributed by atoms with Crippen LogP contribution in [0.25, 0.3) is 6.08 Å². The number of hydrogen-bond donors (Lipinski definition) is 2. The summed E-state index contributed by atoms with van der Waals surface area (Å²) in [5, 5.41) is 0. The Morgan fingerprint density at radius 2 is 1.93 bits per heavy atom. The molecule has 0 saturated carbocycles. The van der Waals surface area contributed by atoms with Crippen LogP contribution in [0.15, 0.2) is 36.9 Å². The van der Waals surface area contributed by atoms with Gasteiger partial charge in [0.2, 0.25) is 0 Å². The normalized spacial score (nSPS) is 11.5. The van der Waals surface area contributed by atoms with E-state index in [1.54, 1.807) is 13.2 Å². The van der Waals surface area contributed by atoms with E-state index in [1.165, 1.54) is 0 Å². The third-order valence-electron chi connectivity index (χ3n) is 4.32. The second kappa shape index (κ2) is 8.75. The van der Waals surface area contributed by atoms with Gasteiger partial charge in [0.15, 0.2) is 0 Å². The van der Waals surface area contributed by atoms with Gasteiger partial charge in [0.05, 0.1) is 13.3 Å². The van der Waals surface area contributed by atoms with E-state index in [0.717, 1.165) is 28.0 Å². The zero-order valence-corrected chi connectivity index (χ0v) is 17.1. The van der Waals surface area contributed by atoms with Crippen molar-refractivity contribution in [2.24, 2.45) is 0 Å². The maximum atomic E-state index is 11.1. The molecule has 0 saturated heterocycles. The van der Waals surface area contributed by atoms with E-state index in [9.17, 15) is 4.57 Å². The zero-order chi connectivity index (χ0) is 20.2. The second-order valence-corrected chi connectivity index (χ2v) is 8.61. The fraction of sp³-hybridized carbons (Fsp3) is 0.333. The van der Waals surface area contributed by atoms with Gasteiger partial charge in [-0.2, -0.15) is 0 Å². The van der Waals surface area contributed by atoms with Crippen LogP contribution in [0.1, 0.15) is 42.0 Å². The summed E-state index contributed by atoms with van der Waals surface area (Å²) < 4.78 is 22.7. The van der Waals surface area contributed by atoms with Crippen LogP contribution in [0.2, 0.25) is 0 Å². The maximum Gasteiger partial charge on any atom is 0.325 e. The quantitative estimate of drug-likeness (QED) is 0.600. The van der Waals surface area contributed by atoms with Crippen molar-refractivity contribution in [3.8, 4) is 17.2 Å². The van der Waals surface area contributed by atoms with Gasteiger partial charge in [-0.25, -0.2) is 0 Å². The summed E-state index contributed by atoms with van der Waals surface area (Å²) in [5.74, 6) is 2.50. The van der Waals surface area contributed by atoms with Crippen LogP contribution < -0.4 is 9.47 Å². The molecular weight excluding hydrogens is 363 g/mol. The summed E-state index contributed by atoms with van der Waals surface area (Å²) in [4.78, 5) is 18.2. The van der Waals surface area contributed by atoms with Gasteiger partial charge in [-0.3, -0.25) is 4.57 Å². The summed E-state index contributed by atoms with van der Waals surface area (Å²) >= 11 is 0. The van der Waals surface area contributed by atoms with E-state index >= 15 is 0 Å². The lowest BCUT2D eigenvalue weighted by Crippen LogP contribution is -1.99. The van der Waals surface area contributed by atoms with Crippen LogP contribution in [0, 0.1) is 6.92 Å². The van der Waals surface area contributed by atoms with E-state index in [1.807, 2.05) is 37.3 Å². The molecule has 0 radical (unpaired) electrons. The molecular formula is C21H27O5P. The molecule has 0 bridgehead atoms. The maximum absolute atomic E-state index is 11.1. The monoisotopic (exact) mass is 390 g/mol. The minimum absolute atomic E-state index is 0.181. The molecule has 2 rings (SSSR count). The minimum Gasteiger partial charge on any atom is -0.496 e. The third-order valence-corrected chi connectivity index (χ3v) is 5.12. The molecule has 0 unspecified atom stereocenters. The van der Waals surface area contributed by atoms with Crippen molar-refractivity contribution in [3.05, 3.63) is 59.2 Å². The Hall–Kier alpha value is -2.07. The van der Waals surface area contributed by atoms with E-state index < -0.39 is 7.60 Å². The lowest BCUT2D eigenvalue weighted by atomic mass is 10.0. The first-order valence-corrected chi connectivity index (χ1v) is 10.6. The predicted octanol–water partition coefficient (Wildman–Crippen LogP) is 5.28. The van der Waals surface area contributed by atoms with Gasteiger partial charge in [-0.15, -0.1) is 0 Å². The molecule has 2 N–H and O–H groups in total. The van der Waals surface area contributed by atoms with Gasteiger partial charge < -0.3 is 19.3 Å². The molecule has 6 heteroatoms. The summed E-state index contributed by atoms with van der Waals surface area (Å²) in [6.07, 6.45) is 1.81. The lowest BCUT2D eigenvalue weighted by molar-refractivity contribution is 0.373. The molecule has 0 aliphatic rings. The second-order valence-electron chi connectivity index (χ2n) is 6.83. The van der Waals surface area contributed by atoms with Crippen LogP contribution in [0.3, 0.4) is 0 Å². The van der Waals surface area contributed by atoms with Gasteiger partial charge in [-0.1, -0.05) is 32.6 Å². The van der Waals surface area contributed by atoms with Crippen molar-refractivity contribution in [2.45, 2.75) is 33.1 Å². The average Bonchev–Trinajstić information content (AvgIpc) is 2.60. The zero-order valence-electron chi connectivity index (χ0n) is 16.2. The molecule has 146 valence electrons. The van der Waals surface area contributed by atoms with Gasteiger partial charge in [0, 0.05) is 11.1 Å². The van der Waals surface area contributed by atoms with Gasteiger partial charge in [0.1, 0.15) is 17.2 Å². The summed E-state index contributed by atoms with van der Waals surface area (Å²) in [5.41, 5.74) is 3.58. The first-order chi connectivity index (χ1) is 12.6. The first-order valence-electron chi connectivity index (χ1n) is 8.81. The largest absolute Gasteiger partial charge is 0.496 e. The van der Waals surface area contributed by atoms with Gasteiger partial charge in [-0.05, 0) is 54.7 Å². The smallest absolute Gasteiger partial charge is 0.325 e. The Labute approximate surface area is 160 Å². The Bertz CT molecular complexity index is 867. The summed E-state index contributed by atoms with van der Waals surface area (Å²) in [6.45, 7) is 9.95. The molecule has 2 aromatic carbocycles. The molecule has 0 atom stereocenters. The van der Waals surface area contributed by atoms with Crippen LogP contribution >= 0.6 is 7.60 Å². The molecule has 2 aromatic rings. The molecule has 0 heterocycles. The molecule has 27 heavy (non-hydrogen) atoms. The highest BCUT2D eigenvalue weighted by atomic mass is 31.2. The van der Waals surface area contributed by atoms with Crippen molar-refractivity contribution < 1.29 is 23.8 Å². The molecule has 0 aliphatic heterocycles. The SMILES string of the molecule is C=Cc1cc(CCP(=O)(O)O)cc(C)c1Oc1ccc(OC)c(C(C)C)c1. The topological polar surface area (TPSA) is 76.0 Å². The third kappa shape index (κ3) is 5.70. The highest BCUT2D eigenvalue weighted by Crippen LogP contribution is 2.38. The fourth-order valence-corrected chi connectivity index (χ4v) is 3.48. The number of hydrogen-bond acceptors (Lipinski definition) is 3. The first kappa shape index (κ1) is 21.2. The number of rotatable bonds is 8. The lowest BCUT2D eigenvalue weighted by Gasteiger charge is -2.17. The summed E-state index contributed by atoms with van der Waals surface area (Å²) in [7, 11) is -2.38. The van der Waals surface area contributed by atoms with Crippen molar-refractivity contribution in [3.63, 3.8) is 0 Å². The van der Waals surface area contributed by atoms with Crippen molar-refractivity contribution >= 4 is 13.7 Å².